The Bertz CT molecular complexity index is 906. The number of thiazole rings is 1. The van der Waals surface area contributed by atoms with Crippen LogP contribution in [-0.2, 0) is 11.2 Å². The van der Waals surface area contributed by atoms with E-state index in [9.17, 15) is 9.18 Å². The number of benzene rings is 2. The summed E-state index contributed by atoms with van der Waals surface area (Å²) in [6.07, 6.45) is 0.838. The fourth-order valence-electron chi connectivity index (χ4n) is 2.56. The lowest BCUT2D eigenvalue weighted by Crippen LogP contribution is -2.20. The van der Waals surface area contributed by atoms with Gasteiger partial charge in [-0.25, -0.2) is 9.37 Å². The van der Waals surface area contributed by atoms with Crippen LogP contribution in [0.2, 0.25) is 0 Å². The standard InChI is InChI=1S/C20H19FN2O2S/c1-3-14-6-4-5-7-17(14)25-12-18(24)22-20-23-19(13(2)26-20)15-8-10-16(21)11-9-15/h4-11H,3,12H2,1-2H3,(H,22,23,24). The summed E-state index contributed by atoms with van der Waals surface area (Å²) in [5, 5.41) is 3.26. The van der Waals surface area contributed by atoms with Crippen LogP contribution in [0.4, 0.5) is 9.52 Å². The van der Waals surface area contributed by atoms with E-state index in [1.54, 1.807) is 12.1 Å². The first-order valence-corrected chi connectivity index (χ1v) is 9.12. The van der Waals surface area contributed by atoms with E-state index in [2.05, 4.69) is 10.3 Å². The normalized spacial score (nSPS) is 10.6. The van der Waals surface area contributed by atoms with Crippen molar-refractivity contribution in [3.05, 3.63) is 64.8 Å². The molecule has 0 unspecified atom stereocenters. The van der Waals surface area contributed by atoms with Crippen molar-refractivity contribution in [2.24, 2.45) is 0 Å². The number of ether oxygens (including phenoxy) is 1. The van der Waals surface area contributed by atoms with Crippen molar-refractivity contribution in [3.8, 4) is 17.0 Å². The Morgan fingerprint density at radius 2 is 1.92 bits per heavy atom. The first-order chi connectivity index (χ1) is 12.6. The lowest BCUT2D eigenvalue weighted by molar-refractivity contribution is -0.118. The molecule has 0 aliphatic rings. The minimum Gasteiger partial charge on any atom is -0.483 e. The minimum absolute atomic E-state index is 0.0818. The largest absolute Gasteiger partial charge is 0.483 e. The molecule has 1 N–H and O–H groups in total. The van der Waals surface area contributed by atoms with E-state index in [0.717, 1.165) is 28.1 Å². The number of carbonyl (C=O) groups excluding carboxylic acids is 1. The number of aromatic nitrogens is 1. The quantitative estimate of drug-likeness (QED) is 0.676. The molecule has 0 aliphatic carbocycles. The van der Waals surface area contributed by atoms with Crippen LogP contribution in [0.3, 0.4) is 0 Å². The molecular weight excluding hydrogens is 351 g/mol. The van der Waals surface area contributed by atoms with Crippen molar-refractivity contribution in [2.45, 2.75) is 20.3 Å². The van der Waals surface area contributed by atoms with Crippen LogP contribution in [0, 0.1) is 12.7 Å². The second kappa shape index (κ2) is 8.10. The zero-order valence-electron chi connectivity index (χ0n) is 14.6. The Morgan fingerprint density at radius 3 is 2.65 bits per heavy atom. The van der Waals surface area contributed by atoms with Crippen LogP contribution >= 0.6 is 11.3 Å². The molecule has 0 spiro atoms. The molecule has 134 valence electrons. The van der Waals surface area contributed by atoms with Crippen LogP contribution in [0.1, 0.15) is 17.4 Å². The van der Waals surface area contributed by atoms with Gasteiger partial charge in [-0.05, 0) is 49.2 Å². The monoisotopic (exact) mass is 370 g/mol. The van der Waals surface area contributed by atoms with Crippen LogP contribution in [0.5, 0.6) is 5.75 Å². The number of aryl methyl sites for hydroxylation is 2. The van der Waals surface area contributed by atoms with Gasteiger partial charge in [0, 0.05) is 10.4 Å². The third kappa shape index (κ3) is 4.26. The van der Waals surface area contributed by atoms with Gasteiger partial charge in [-0.3, -0.25) is 10.1 Å². The first-order valence-electron chi connectivity index (χ1n) is 8.30. The highest BCUT2D eigenvalue weighted by molar-refractivity contribution is 7.16. The summed E-state index contributed by atoms with van der Waals surface area (Å²) >= 11 is 1.38. The average Bonchev–Trinajstić information content (AvgIpc) is 3.01. The maximum atomic E-state index is 13.1. The van der Waals surface area contributed by atoms with Gasteiger partial charge in [-0.1, -0.05) is 25.1 Å². The van der Waals surface area contributed by atoms with Crippen LogP contribution in [0.25, 0.3) is 11.3 Å². The molecule has 26 heavy (non-hydrogen) atoms. The highest BCUT2D eigenvalue weighted by atomic mass is 32.1. The van der Waals surface area contributed by atoms with E-state index < -0.39 is 0 Å². The van der Waals surface area contributed by atoms with Crippen molar-refractivity contribution in [1.82, 2.24) is 4.98 Å². The number of anilines is 1. The number of rotatable bonds is 6. The van der Waals surface area contributed by atoms with E-state index in [0.29, 0.717) is 10.9 Å². The number of nitrogens with one attached hydrogen (secondary N) is 1. The number of hydrogen-bond acceptors (Lipinski definition) is 4. The molecule has 4 nitrogen and oxygen atoms in total. The number of halogens is 1. The Hall–Kier alpha value is -2.73. The first kappa shape index (κ1) is 18.1. The summed E-state index contributed by atoms with van der Waals surface area (Å²) in [7, 11) is 0. The zero-order valence-corrected chi connectivity index (χ0v) is 15.4. The van der Waals surface area contributed by atoms with Crippen molar-refractivity contribution in [2.75, 3.05) is 11.9 Å². The molecule has 1 aromatic heterocycles. The molecule has 0 radical (unpaired) electrons. The van der Waals surface area contributed by atoms with Crippen molar-refractivity contribution in [1.29, 1.82) is 0 Å². The second-order valence-corrected chi connectivity index (χ2v) is 6.93. The Morgan fingerprint density at radius 1 is 1.19 bits per heavy atom. The molecule has 0 aliphatic heterocycles. The summed E-state index contributed by atoms with van der Waals surface area (Å²) in [6, 6.07) is 13.8. The molecule has 3 aromatic rings. The number of amides is 1. The molecule has 3 rings (SSSR count). The van der Waals surface area contributed by atoms with E-state index in [1.807, 2.05) is 38.1 Å². The number of hydrogen-bond donors (Lipinski definition) is 1. The van der Waals surface area contributed by atoms with Crippen molar-refractivity contribution < 1.29 is 13.9 Å². The number of carbonyl (C=O) groups is 1. The maximum absolute atomic E-state index is 13.1. The molecule has 2 aromatic carbocycles. The topological polar surface area (TPSA) is 51.2 Å². The SMILES string of the molecule is CCc1ccccc1OCC(=O)Nc1nc(-c2ccc(F)cc2)c(C)s1. The van der Waals surface area contributed by atoms with Crippen LogP contribution in [-0.4, -0.2) is 17.5 Å². The molecule has 6 heteroatoms. The molecule has 1 heterocycles. The molecular formula is C20H19FN2O2S. The highest BCUT2D eigenvalue weighted by Crippen LogP contribution is 2.30. The van der Waals surface area contributed by atoms with Gasteiger partial charge in [0.2, 0.25) is 0 Å². The van der Waals surface area contributed by atoms with Crippen LogP contribution in [0.15, 0.2) is 48.5 Å². The second-order valence-electron chi connectivity index (χ2n) is 5.73. The zero-order chi connectivity index (χ0) is 18.5. The molecule has 0 saturated heterocycles. The Labute approximate surface area is 155 Å². The van der Waals surface area contributed by atoms with E-state index in [1.165, 1.54) is 23.5 Å². The summed E-state index contributed by atoms with van der Waals surface area (Å²) in [5.74, 6) is 0.155. The molecule has 0 saturated carbocycles. The van der Waals surface area contributed by atoms with Gasteiger partial charge in [0.05, 0.1) is 5.69 Å². The third-order valence-corrected chi connectivity index (χ3v) is 4.76. The summed E-state index contributed by atoms with van der Waals surface area (Å²) in [4.78, 5) is 17.6. The predicted octanol–water partition coefficient (Wildman–Crippen LogP) is 4.84. The molecule has 0 fully saturated rings. The van der Waals surface area contributed by atoms with Gasteiger partial charge in [-0.2, -0.15) is 0 Å². The van der Waals surface area contributed by atoms with Crippen molar-refractivity contribution >= 4 is 22.4 Å². The lowest BCUT2D eigenvalue weighted by atomic mass is 10.1. The Kier molecular flexibility index (Phi) is 5.63. The van der Waals surface area contributed by atoms with Gasteiger partial charge in [-0.15, -0.1) is 11.3 Å². The number of para-hydroxylation sites is 1. The average molecular weight is 370 g/mol. The van der Waals surface area contributed by atoms with Gasteiger partial charge < -0.3 is 4.74 Å². The van der Waals surface area contributed by atoms with E-state index in [4.69, 9.17) is 4.74 Å². The smallest absolute Gasteiger partial charge is 0.264 e. The predicted molar refractivity (Wildman–Crippen MR) is 102 cm³/mol. The molecule has 1 amide bonds. The summed E-state index contributed by atoms with van der Waals surface area (Å²) in [5.41, 5.74) is 2.61. The fourth-order valence-corrected chi connectivity index (χ4v) is 3.41. The third-order valence-electron chi connectivity index (χ3n) is 3.87. The van der Waals surface area contributed by atoms with E-state index in [-0.39, 0.29) is 18.3 Å². The van der Waals surface area contributed by atoms with Crippen molar-refractivity contribution in [3.63, 3.8) is 0 Å². The summed E-state index contributed by atoms with van der Waals surface area (Å²) < 4.78 is 18.7. The highest BCUT2D eigenvalue weighted by Gasteiger charge is 2.13. The van der Waals surface area contributed by atoms with Gasteiger partial charge in [0.25, 0.3) is 5.91 Å². The van der Waals surface area contributed by atoms with Gasteiger partial charge >= 0.3 is 0 Å². The Balaban J connectivity index is 1.65. The summed E-state index contributed by atoms with van der Waals surface area (Å²) in [6.45, 7) is 3.87. The van der Waals surface area contributed by atoms with Gasteiger partial charge in [0.1, 0.15) is 11.6 Å². The minimum atomic E-state index is -0.292. The fraction of sp³-hybridized carbons (Fsp3) is 0.200. The maximum Gasteiger partial charge on any atom is 0.264 e. The molecule has 0 atom stereocenters. The van der Waals surface area contributed by atoms with E-state index >= 15 is 0 Å². The lowest BCUT2D eigenvalue weighted by Gasteiger charge is -2.09. The van der Waals surface area contributed by atoms with Gasteiger partial charge in [0.15, 0.2) is 11.7 Å². The van der Waals surface area contributed by atoms with Crippen LogP contribution < -0.4 is 10.1 Å². The number of nitrogens with zero attached hydrogens (tertiary/aromatic N) is 1. The molecule has 0 bridgehead atoms.